The Morgan fingerprint density at radius 2 is 1.74 bits per heavy atom. The molecule has 5 heteroatoms. The molecule has 1 aromatic rings. The zero-order valence-corrected chi connectivity index (χ0v) is 11.7. The Labute approximate surface area is 113 Å². The highest BCUT2D eigenvalue weighted by Gasteiger charge is 2.25. The lowest BCUT2D eigenvalue weighted by Crippen LogP contribution is -2.40. The van der Waals surface area contributed by atoms with Crippen molar-refractivity contribution in [2.45, 2.75) is 26.4 Å². The van der Waals surface area contributed by atoms with E-state index in [9.17, 15) is 9.59 Å². The largest absolute Gasteiger partial charge is 0.468 e. The van der Waals surface area contributed by atoms with Crippen LogP contribution in [0.3, 0.4) is 0 Å². The number of methoxy groups -OCH3 is 1. The van der Waals surface area contributed by atoms with Crippen LogP contribution < -0.4 is 4.90 Å². The van der Waals surface area contributed by atoms with Gasteiger partial charge in [0.15, 0.2) is 0 Å². The molecule has 0 fully saturated rings. The molecule has 104 valence electrons. The van der Waals surface area contributed by atoms with E-state index in [1.807, 2.05) is 6.07 Å². The summed E-state index contributed by atoms with van der Waals surface area (Å²) in [4.78, 5) is 24.7. The van der Waals surface area contributed by atoms with Gasteiger partial charge in [0, 0.05) is 5.69 Å². The number of hydrogen-bond donors (Lipinski definition) is 0. The number of carbonyl (C=O) groups is 2. The first-order valence-corrected chi connectivity index (χ1v) is 5.96. The fraction of sp³-hybridized carbons (Fsp3) is 0.429. The van der Waals surface area contributed by atoms with E-state index in [0.717, 1.165) is 0 Å². The number of anilines is 1. The molecule has 0 unspecified atom stereocenters. The predicted octanol–water partition coefficient (Wildman–Crippen LogP) is 2.60. The molecule has 0 spiro atoms. The number of carbonyl (C=O) groups excluding carboxylic acids is 2. The number of nitrogens with zero attached hydrogens (tertiary/aromatic N) is 1. The van der Waals surface area contributed by atoms with Crippen molar-refractivity contribution < 1.29 is 19.1 Å². The van der Waals surface area contributed by atoms with Crippen LogP contribution in [0, 0.1) is 0 Å². The first-order valence-electron chi connectivity index (χ1n) is 5.96. The second kappa shape index (κ2) is 6.22. The summed E-state index contributed by atoms with van der Waals surface area (Å²) in [6, 6.07) is 8.85. The molecule has 0 saturated carbocycles. The van der Waals surface area contributed by atoms with Gasteiger partial charge in [-0.15, -0.1) is 0 Å². The zero-order valence-electron chi connectivity index (χ0n) is 11.7. The lowest BCUT2D eigenvalue weighted by Gasteiger charge is -2.26. The van der Waals surface area contributed by atoms with Crippen LogP contribution in [0.4, 0.5) is 10.5 Å². The highest BCUT2D eigenvalue weighted by molar-refractivity contribution is 5.93. The SMILES string of the molecule is COC(=O)CN(C(=O)OC(C)(C)C)c1ccccc1. The van der Waals surface area contributed by atoms with E-state index < -0.39 is 17.7 Å². The highest BCUT2D eigenvalue weighted by atomic mass is 16.6. The van der Waals surface area contributed by atoms with Gasteiger partial charge in [0.1, 0.15) is 12.1 Å². The monoisotopic (exact) mass is 265 g/mol. The standard InChI is InChI=1S/C14H19NO4/c1-14(2,3)19-13(17)15(10-12(16)18-4)11-8-6-5-7-9-11/h5-9H,10H2,1-4H3. The predicted molar refractivity (Wildman–Crippen MR) is 72.0 cm³/mol. The van der Waals surface area contributed by atoms with Crippen LogP contribution in [0.2, 0.25) is 0 Å². The van der Waals surface area contributed by atoms with Crippen molar-refractivity contribution >= 4 is 17.7 Å². The lowest BCUT2D eigenvalue weighted by molar-refractivity contribution is -0.139. The van der Waals surface area contributed by atoms with E-state index in [0.29, 0.717) is 5.69 Å². The third-order valence-corrected chi connectivity index (χ3v) is 2.20. The van der Waals surface area contributed by atoms with Crippen LogP contribution in [0.15, 0.2) is 30.3 Å². The molecule has 0 aliphatic heterocycles. The van der Waals surface area contributed by atoms with E-state index in [1.54, 1.807) is 45.0 Å². The molecule has 0 saturated heterocycles. The molecule has 0 bridgehead atoms. The fourth-order valence-electron chi connectivity index (χ4n) is 1.38. The van der Waals surface area contributed by atoms with Crippen LogP contribution >= 0.6 is 0 Å². The normalized spacial score (nSPS) is 10.7. The van der Waals surface area contributed by atoms with Crippen LogP contribution in [-0.2, 0) is 14.3 Å². The topological polar surface area (TPSA) is 55.8 Å². The Bertz CT molecular complexity index is 437. The van der Waals surface area contributed by atoms with Gasteiger partial charge in [0.25, 0.3) is 0 Å². The van der Waals surface area contributed by atoms with Gasteiger partial charge in [-0.3, -0.25) is 9.69 Å². The van der Waals surface area contributed by atoms with E-state index >= 15 is 0 Å². The second-order valence-electron chi connectivity index (χ2n) is 4.98. The van der Waals surface area contributed by atoms with Gasteiger partial charge in [0.2, 0.25) is 0 Å². The third-order valence-electron chi connectivity index (χ3n) is 2.20. The van der Waals surface area contributed by atoms with Crippen molar-refractivity contribution in [2.24, 2.45) is 0 Å². The maximum atomic E-state index is 12.1. The van der Waals surface area contributed by atoms with Crippen molar-refractivity contribution in [3.63, 3.8) is 0 Å². The van der Waals surface area contributed by atoms with Gasteiger partial charge in [-0.05, 0) is 32.9 Å². The minimum absolute atomic E-state index is 0.185. The number of rotatable bonds is 3. The van der Waals surface area contributed by atoms with Gasteiger partial charge in [-0.2, -0.15) is 0 Å². The highest BCUT2D eigenvalue weighted by Crippen LogP contribution is 2.17. The number of ether oxygens (including phenoxy) is 2. The summed E-state index contributed by atoms with van der Waals surface area (Å²) in [5, 5.41) is 0. The first kappa shape index (κ1) is 15.0. The molecule has 1 amide bonds. The van der Waals surface area contributed by atoms with Gasteiger partial charge in [-0.25, -0.2) is 4.79 Å². The van der Waals surface area contributed by atoms with Crippen LogP contribution in [-0.4, -0.2) is 31.3 Å². The molecule has 0 aliphatic carbocycles. The molecular weight excluding hydrogens is 246 g/mol. The van der Waals surface area contributed by atoms with E-state index in [2.05, 4.69) is 4.74 Å². The van der Waals surface area contributed by atoms with Crippen molar-refractivity contribution in [1.82, 2.24) is 0 Å². The molecule has 0 N–H and O–H groups in total. The molecule has 1 aromatic carbocycles. The van der Waals surface area contributed by atoms with E-state index in [-0.39, 0.29) is 6.54 Å². The van der Waals surface area contributed by atoms with Crippen molar-refractivity contribution in [3.8, 4) is 0 Å². The van der Waals surface area contributed by atoms with Gasteiger partial charge < -0.3 is 9.47 Å². The first-order chi connectivity index (χ1) is 8.83. The number of para-hydroxylation sites is 1. The average Bonchev–Trinajstić information content (AvgIpc) is 2.34. The summed E-state index contributed by atoms with van der Waals surface area (Å²) in [5.41, 5.74) is -0.0394. The number of amides is 1. The Morgan fingerprint density at radius 1 is 1.16 bits per heavy atom. The third kappa shape index (κ3) is 4.99. The summed E-state index contributed by atoms with van der Waals surface area (Å²) in [6.07, 6.45) is -0.580. The summed E-state index contributed by atoms with van der Waals surface area (Å²) in [6.45, 7) is 5.13. The molecule has 0 radical (unpaired) electrons. The second-order valence-corrected chi connectivity index (χ2v) is 4.98. The summed E-state index contributed by atoms with van der Waals surface area (Å²) < 4.78 is 9.87. The Hall–Kier alpha value is -2.04. The maximum absolute atomic E-state index is 12.1. The fourth-order valence-corrected chi connectivity index (χ4v) is 1.38. The lowest BCUT2D eigenvalue weighted by atomic mass is 10.2. The number of benzene rings is 1. The number of esters is 1. The summed E-state index contributed by atoms with van der Waals surface area (Å²) >= 11 is 0. The Morgan fingerprint density at radius 3 is 2.21 bits per heavy atom. The van der Waals surface area contributed by atoms with Gasteiger partial charge >= 0.3 is 12.1 Å². The van der Waals surface area contributed by atoms with Crippen LogP contribution in [0.1, 0.15) is 20.8 Å². The van der Waals surface area contributed by atoms with Crippen molar-refractivity contribution in [1.29, 1.82) is 0 Å². The quantitative estimate of drug-likeness (QED) is 0.788. The smallest absolute Gasteiger partial charge is 0.415 e. The summed E-state index contributed by atoms with van der Waals surface area (Å²) in [5.74, 6) is -0.505. The Kier molecular flexibility index (Phi) is 4.92. The van der Waals surface area contributed by atoms with E-state index in [1.165, 1.54) is 12.0 Å². The summed E-state index contributed by atoms with van der Waals surface area (Å²) in [7, 11) is 1.28. The number of hydrogen-bond acceptors (Lipinski definition) is 4. The maximum Gasteiger partial charge on any atom is 0.415 e. The van der Waals surface area contributed by atoms with Crippen LogP contribution in [0.5, 0.6) is 0 Å². The van der Waals surface area contributed by atoms with Gasteiger partial charge in [0.05, 0.1) is 7.11 Å². The molecule has 5 nitrogen and oxygen atoms in total. The average molecular weight is 265 g/mol. The zero-order chi connectivity index (χ0) is 14.5. The van der Waals surface area contributed by atoms with Gasteiger partial charge in [-0.1, -0.05) is 18.2 Å². The Balaban J connectivity index is 2.93. The minimum Gasteiger partial charge on any atom is -0.468 e. The van der Waals surface area contributed by atoms with E-state index in [4.69, 9.17) is 4.74 Å². The molecule has 19 heavy (non-hydrogen) atoms. The van der Waals surface area contributed by atoms with Crippen molar-refractivity contribution in [2.75, 3.05) is 18.6 Å². The molecule has 0 heterocycles. The molecule has 1 rings (SSSR count). The molecule has 0 atom stereocenters. The van der Waals surface area contributed by atoms with Crippen molar-refractivity contribution in [3.05, 3.63) is 30.3 Å². The molecule has 0 aromatic heterocycles. The minimum atomic E-state index is -0.625. The molecule has 0 aliphatic rings. The molecular formula is C14H19NO4. The van der Waals surface area contributed by atoms with Crippen LogP contribution in [0.25, 0.3) is 0 Å².